The quantitative estimate of drug-likeness (QED) is 0.795. The first-order valence-corrected chi connectivity index (χ1v) is 5.85. The first-order chi connectivity index (χ1) is 7.79. The molecule has 1 aromatic rings. The van der Waals surface area contributed by atoms with Crippen LogP contribution < -0.4 is 0 Å². The highest BCUT2D eigenvalue weighted by Gasteiger charge is 2.26. The summed E-state index contributed by atoms with van der Waals surface area (Å²) in [5.74, 6) is 0.0621. The summed E-state index contributed by atoms with van der Waals surface area (Å²) in [6.07, 6.45) is 0.493. The number of aliphatic hydroxyl groups excluding tert-OH is 2. The van der Waals surface area contributed by atoms with E-state index in [0.717, 1.165) is 19.5 Å². The van der Waals surface area contributed by atoms with Crippen LogP contribution in [0.5, 0.6) is 0 Å². The van der Waals surface area contributed by atoms with E-state index in [0.29, 0.717) is 6.54 Å². The molecule has 2 atom stereocenters. The highest BCUT2D eigenvalue weighted by atomic mass is 16.3. The molecule has 2 N–H and O–H groups in total. The van der Waals surface area contributed by atoms with Crippen molar-refractivity contribution in [3.05, 3.63) is 35.9 Å². The van der Waals surface area contributed by atoms with E-state index in [-0.39, 0.29) is 18.6 Å². The van der Waals surface area contributed by atoms with Crippen LogP contribution in [0, 0.1) is 5.92 Å². The maximum absolute atomic E-state index is 9.82. The second kappa shape index (κ2) is 5.43. The number of aliphatic hydroxyl groups is 2. The van der Waals surface area contributed by atoms with Crippen LogP contribution >= 0.6 is 0 Å². The second-order valence-electron chi connectivity index (χ2n) is 4.52. The van der Waals surface area contributed by atoms with Crippen molar-refractivity contribution in [2.24, 2.45) is 5.92 Å². The van der Waals surface area contributed by atoms with Crippen molar-refractivity contribution >= 4 is 0 Å². The van der Waals surface area contributed by atoms with Gasteiger partial charge in [0.1, 0.15) is 0 Å². The highest BCUT2D eigenvalue weighted by molar-refractivity contribution is 5.14. The maximum Gasteiger partial charge on any atom is 0.0717 e. The Hall–Kier alpha value is -0.900. The molecule has 1 aromatic carbocycles. The average molecular weight is 221 g/mol. The third-order valence-corrected chi connectivity index (χ3v) is 3.29. The van der Waals surface area contributed by atoms with Gasteiger partial charge in [0, 0.05) is 25.6 Å². The lowest BCUT2D eigenvalue weighted by Crippen LogP contribution is -2.44. The van der Waals surface area contributed by atoms with Gasteiger partial charge in [0.2, 0.25) is 0 Å². The molecule has 3 nitrogen and oxygen atoms in total. The molecule has 1 heterocycles. The zero-order chi connectivity index (χ0) is 11.4. The first kappa shape index (κ1) is 11.6. The van der Waals surface area contributed by atoms with E-state index in [1.165, 1.54) is 5.56 Å². The third kappa shape index (κ3) is 2.82. The van der Waals surface area contributed by atoms with Gasteiger partial charge in [-0.15, -0.1) is 0 Å². The largest absolute Gasteiger partial charge is 0.396 e. The molecule has 1 saturated heterocycles. The monoisotopic (exact) mass is 221 g/mol. The molecule has 0 saturated carbocycles. The molecule has 1 aliphatic rings. The van der Waals surface area contributed by atoms with Crippen molar-refractivity contribution in [3.8, 4) is 0 Å². The fourth-order valence-corrected chi connectivity index (χ4v) is 2.24. The van der Waals surface area contributed by atoms with Gasteiger partial charge < -0.3 is 10.2 Å². The van der Waals surface area contributed by atoms with Gasteiger partial charge >= 0.3 is 0 Å². The molecule has 3 heteroatoms. The number of piperidine rings is 1. The number of hydrogen-bond acceptors (Lipinski definition) is 3. The summed E-state index contributed by atoms with van der Waals surface area (Å²) >= 11 is 0. The van der Waals surface area contributed by atoms with Crippen molar-refractivity contribution in [3.63, 3.8) is 0 Å². The number of likely N-dealkylation sites (tertiary alicyclic amines) is 1. The third-order valence-electron chi connectivity index (χ3n) is 3.29. The van der Waals surface area contributed by atoms with E-state index < -0.39 is 0 Å². The lowest BCUT2D eigenvalue weighted by Gasteiger charge is -2.35. The van der Waals surface area contributed by atoms with Crippen LogP contribution in [0.2, 0.25) is 0 Å². The van der Waals surface area contributed by atoms with Crippen molar-refractivity contribution in [1.82, 2.24) is 4.90 Å². The molecule has 0 aliphatic carbocycles. The van der Waals surface area contributed by atoms with E-state index in [9.17, 15) is 5.11 Å². The SMILES string of the molecule is OC[C@@H]1CCN(Cc2ccccc2)C[C@H]1O. The van der Waals surface area contributed by atoms with Crippen LogP contribution in [0.4, 0.5) is 0 Å². The molecule has 0 radical (unpaired) electrons. The standard InChI is InChI=1S/C13H19NO2/c15-10-12-6-7-14(9-13(12)16)8-11-4-2-1-3-5-11/h1-5,12-13,15-16H,6-10H2/t12-,13+/m0/s1. The van der Waals surface area contributed by atoms with Crippen LogP contribution in [0.25, 0.3) is 0 Å². The summed E-state index contributed by atoms with van der Waals surface area (Å²) in [6, 6.07) is 10.3. The molecular formula is C13H19NO2. The maximum atomic E-state index is 9.82. The summed E-state index contributed by atoms with van der Waals surface area (Å²) in [5.41, 5.74) is 1.28. The predicted molar refractivity (Wildman–Crippen MR) is 62.9 cm³/mol. The predicted octanol–water partition coefficient (Wildman–Crippen LogP) is 0.862. The topological polar surface area (TPSA) is 43.7 Å². The molecular weight excluding hydrogens is 202 g/mol. The van der Waals surface area contributed by atoms with Crippen LogP contribution in [0.15, 0.2) is 30.3 Å². The van der Waals surface area contributed by atoms with Crippen LogP contribution in [-0.2, 0) is 6.54 Å². The van der Waals surface area contributed by atoms with Gasteiger partial charge in [-0.25, -0.2) is 0 Å². The van der Waals surface area contributed by atoms with Gasteiger partial charge in [-0.2, -0.15) is 0 Å². The Morgan fingerprint density at radius 1 is 1.25 bits per heavy atom. The van der Waals surface area contributed by atoms with Crippen LogP contribution in [0.3, 0.4) is 0 Å². The smallest absolute Gasteiger partial charge is 0.0717 e. The Morgan fingerprint density at radius 3 is 2.62 bits per heavy atom. The minimum atomic E-state index is -0.387. The molecule has 0 aromatic heterocycles. The van der Waals surface area contributed by atoms with Crippen molar-refractivity contribution in [2.75, 3.05) is 19.7 Å². The zero-order valence-electron chi connectivity index (χ0n) is 9.42. The molecule has 0 spiro atoms. The van der Waals surface area contributed by atoms with Gasteiger partial charge in [0.25, 0.3) is 0 Å². The van der Waals surface area contributed by atoms with Gasteiger partial charge in [0.05, 0.1) is 6.10 Å². The van der Waals surface area contributed by atoms with E-state index in [1.54, 1.807) is 0 Å². The second-order valence-corrected chi connectivity index (χ2v) is 4.52. The summed E-state index contributed by atoms with van der Waals surface area (Å²) in [6.45, 7) is 2.60. The van der Waals surface area contributed by atoms with Crippen LogP contribution in [-0.4, -0.2) is 40.9 Å². The Labute approximate surface area is 96.3 Å². The van der Waals surface area contributed by atoms with E-state index in [2.05, 4.69) is 17.0 Å². The summed E-state index contributed by atoms with van der Waals surface area (Å²) < 4.78 is 0. The van der Waals surface area contributed by atoms with Crippen molar-refractivity contribution in [2.45, 2.75) is 19.1 Å². The molecule has 1 aliphatic heterocycles. The van der Waals surface area contributed by atoms with Gasteiger partial charge in [-0.1, -0.05) is 30.3 Å². The number of nitrogens with zero attached hydrogens (tertiary/aromatic N) is 1. The summed E-state index contributed by atoms with van der Waals surface area (Å²) in [7, 11) is 0. The fourth-order valence-electron chi connectivity index (χ4n) is 2.24. The number of β-amino-alcohol motifs (C(OH)–C–C–N with tert-alkyl or cyclic N) is 1. The van der Waals surface area contributed by atoms with E-state index >= 15 is 0 Å². The molecule has 2 rings (SSSR count). The molecule has 0 bridgehead atoms. The Kier molecular flexibility index (Phi) is 3.93. The number of benzene rings is 1. The molecule has 0 amide bonds. The molecule has 16 heavy (non-hydrogen) atoms. The molecule has 0 unspecified atom stereocenters. The van der Waals surface area contributed by atoms with E-state index in [1.807, 2.05) is 18.2 Å². The Balaban J connectivity index is 1.89. The summed E-state index contributed by atoms with van der Waals surface area (Å²) in [5, 5.41) is 18.9. The lowest BCUT2D eigenvalue weighted by molar-refractivity contribution is -0.00443. The number of hydrogen-bond donors (Lipinski definition) is 2. The zero-order valence-corrected chi connectivity index (χ0v) is 9.42. The van der Waals surface area contributed by atoms with Crippen molar-refractivity contribution < 1.29 is 10.2 Å². The molecule has 1 fully saturated rings. The van der Waals surface area contributed by atoms with Crippen molar-refractivity contribution in [1.29, 1.82) is 0 Å². The fraction of sp³-hybridized carbons (Fsp3) is 0.538. The first-order valence-electron chi connectivity index (χ1n) is 5.85. The van der Waals surface area contributed by atoms with E-state index in [4.69, 9.17) is 5.11 Å². The highest BCUT2D eigenvalue weighted by Crippen LogP contribution is 2.18. The van der Waals surface area contributed by atoms with Crippen LogP contribution in [0.1, 0.15) is 12.0 Å². The average Bonchev–Trinajstić information content (AvgIpc) is 2.31. The minimum Gasteiger partial charge on any atom is -0.396 e. The Bertz CT molecular complexity index is 315. The van der Waals surface area contributed by atoms with Gasteiger partial charge in [-0.05, 0) is 18.5 Å². The molecule has 88 valence electrons. The minimum absolute atomic E-state index is 0.0621. The van der Waals surface area contributed by atoms with Gasteiger partial charge in [0.15, 0.2) is 0 Å². The normalized spacial score (nSPS) is 26.9. The van der Waals surface area contributed by atoms with Gasteiger partial charge in [-0.3, -0.25) is 4.90 Å². The summed E-state index contributed by atoms with van der Waals surface area (Å²) in [4.78, 5) is 2.24. The lowest BCUT2D eigenvalue weighted by atomic mass is 9.94. The number of rotatable bonds is 3. The Morgan fingerprint density at radius 2 is 2.00 bits per heavy atom.